The molecule has 0 bridgehead atoms. The van der Waals surface area contributed by atoms with Gasteiger partial charge in [-0.25, -0.2) is 0 Å². The molecule has 0 unspecified atom stereocenters. The summed E-state index contributed by atoms with van der Waals surface area (Å²) in [6.07, 6.45) is 0.715. The van der Waals surface area contributed by atoms with Gasteiger partial charge in [0.2, 0.25) is 0 Å². The molecule has 0 heterocycles. The molecular formula is CH4CuO3S. The van der Waals surface area contributed by atoms with E-state index < -0.39 is 10.1 Å². The Kier molecular flexibility index (Phi) is 4.15. The van der Waals surface area contributed by atoms with Crippen LogP contribution < -0.4 is 0 Å². The van der Waals surface area contributed by atoms with E-state index in [0.29, 0.717) is 6.26 Å². The quantitative estimate of drug-likeness (QED) is 0.383. The van der Waals surface area contributed by atoms with E-state index in [1.165, 1.54) is 0 Å². The Labute approximate surface area is 47.0 Å². The molecule has 0 atom stereocenters. The second-order valence-corrected chi connectivity index (χ2v) is 2.20. The van der Waals surface area contributed by atoms with Crippen molar-refractivity contribution in [3.05, 3.63) is 0 Å². The van der Waals surface area contributed by atoms with Crippen LogP contribution in [0.5, 0.6) is 0 Å². The van der Waals surface area contributed by atoms with Gasteiger partial charge in [0.1, 0.15) is 0 Å². The third-order valence-electron chi connectivity index (χ3n) is 0. The first-order chi connectivity index (χ1) is 2.00. The van der Waals surface area contributed by atoms with Crippen molar-refractivity contribution in [1.82, 2.24) is 0 Å². The van der Waals surface area contributed by atoms with E-state index in [0.717, 1.165) is 0 Å². The molecular weight excluding hydrogens is 156 g/mol. The third-order valence-corrected chi connectivity index (χ3v) is 0. The molecule has 6 heavy (non-hydrogen) atoms. The number of hydrogen-bond acceptors (Lipinski definition) is 2. The van der Waals surface area contributed by atoms with Crippen molar-refractivity contribution in [3.8, 4) is 0 Å². The largest absolute Gasteiger partial charge is 0.286 e. The average Bonchev–Trinajstić information content (AvgIpc) is 0.722. The summed E-state index contributed by atoms with van der Waals surface area (Å²) in [5.41, 5.74) is 0. The van der Waals surface area contributed by atoms with Crippen molar-refractivity contribution in [1.29, 1.82) is 0 Å². The van der Waals surface area contributed by atoms with Crippen LogP contribution in [0.2, 0.25) is 0 Å². The van der Waals surface area contributed by atoms with Gasteiger partial charge in [-0.15, -0.1) is 0 Å². The molecule has 3 nitrogen and oxygen atoms in total. The topological polar surface area (TPSA) is 54.4 Å². The van der Waals surface area contributed by atoms with Crippen LogP contribution in [0.3, 0.4) is 0 Å². The SMILES string of the molecule is CS(=O)(=O)O.[Cu]. The molecule has 0 aliphatic rings. The Balaban J connectivity index is 0. The van der Waals surface area contributed by atoms with Crippen LogP contribution in [0.15, 0.2) is 0 Å². The molecule has 0 aliphatic heterocycles. The molecule has 0 aromatic heterocycles. The molecule has 5 heteroatoms. The molecule has 0 aromatic rings. The smallest absolute Gasteiger partial charge is 0.261 e. The van der Waals surface area contributed by atoms with Gasteiger partial charge in [-0.2, -0.15) is 8.42 Å². The predicted molar refractivity (Wildman–Crippen MR) is 17.5 cm³/mol. The second kappa shape index (κ2) is 2.58. The van der Waals surface area contributed by atoms with Crippen LogP contribution in [0.25, 0.3) is 0 Å². The molecule has 0 aliphatic carbocycles. The standard InChI is InChI=1S/CH4O3S.Cu/c1-5(2,3)4;/h1H3,(H,2,3,4);. The molecule has 0 spiro atoms. The molecule has 0 fully saturated rings. The Hall–Kier alpha value is 0.429. The van der Waals surface area contributed by atoms with Crippen LogP contribution >= 0.6 is 0 Å². The van der Waals surface area contributed by atoms with Gasteiger partial charge in [0.15, 0.2) is 0 Å². The van der Waals surface area contributed by atoms with Crippen LogP contribution in [0.1, 0.15) is 0 Å². The zero-order valence-corrected chi connectivity index (χ0v) is 4.73. The molecule has 0 saturated carbocycles. The molecule has 43 valence electrons. The first-order valence-corrected chi connectivity index (χ1v) is 2.77. The summed E-state index contributed by atoms with van der Waals surface area (Å²) >= 11 is 0. The maximum atomic E-state index is 9.19. The predicted octanol–water partition coefficient (Wildman–Crippen LogP) is -0.498. The summed E-state index contributed by atoms with van der Waals surface area (Å²) in [6.45, 7) is 0. The van der Waals surface area contributed by atoms with Crippen molar-refractivity contribution >= 4 is 10.1 Å². The van der Waals surface area contributed by atoms with E-state index in [9.17, 15) is 8.42 Å². The first kappa shape index (κ1) is 9.66. The fraction of sp³-hybridized carbons (Fsp3) is 1.00. The molecule has 1 N–H and O–H groups in total. The van der Waals surface area contributed by atoms with Crippen LogP contribution in [0.4, 0.5) is 0 Å². The van der Waals surface area contributed by atoms with E-state index in [1.807, 2.05) is 0 Å². The minimum absolute atomic E-state index is 0. The van der Waals surface area contributed by atoms with Gasteiger partial charge in [0.25, 0.3) is 10.1 Å². The van der Waals surface area contributed by atoms with Gasteiger partial charge >= 0.3 is 0 Å². The van der Waals surface area contributed by atoms with Crippen molar-refractivity contribution in [2.45, 2.75) is 0 Å². The van der Waals surface area contributed by atoms with Crippen LogP contribution in [0, 0.1) is 0 Å². The van der Waals surface area contributed by atoms with Crippen molar-refractivity contribution in [2.24, 2.45) is 0 Å². The summed E-state index contributed by atoms with van der Waals surface area (Å²) in [5, 5.41) is 0. The fourth-order valence-corrected chi connectivity index (χ4v) is 0. The monoisotopic (exact) mass is 159 g/mol. The Morgan fingerprint density at radius 2 is 1.50 bits per heavy atom. The Morgan fingerprint density at radius 1 is 1.50 bits per heavy atom. The normalized spacial score (nSPS) is 9.67. The summed E-state index contributed by atoms with van der Waals surface area (Å²) in [6, 6.07) is 0. The van der Waals surface area contributed by atoms with Gasteiger partial charge < -0.3 is 0 Å². The van der Waals surface area contributed by atoms with Crippen LogP contribution in [-0.2, 0) is 27.2 Å². The van der Waals surface area contributed by atoms with Crippen LogP contribution in [-0.4, -0.2) is 19.2 Å². The van der Waals surface area contributed by atoms with E-state index >= 15 is 0 Å². The minimum Gasteiger partial charge on any atom is -0.286 e. The van der Waals surface area contributed by atoms with E-state index in [1.54, 1.807) is 0 Å². The van der Waals surface area contributed by atoms with Crippen molar-refractivity contribution in [2.75, 3.05) is 6.26 Å². The summed E-state index contributed by atoms with van der Waals surface area (Å²) in [4.78, 5) is 0. The van der Waals surface area contributed by atoms with Gasteiger partial charge in [0.05, 0.1) is 6.26 Å². The van der Waals surface area contributed by atoms with E-state index in [4.69, 9.17) is 4.55 Å². The summed E-state index contributed by atoms with van der Waals surface area (Å²) < 4.78 is 25.9. The average molecular weight is 160 g/mol. The first-order valence-electron chi connectivity index (χ1n) is 0.924. The summed E-state index contributed by atoms with van der Waals surface area (Å²) in [7, 11) is -3.67. The zero-order valence-electron chi connectivity index (χ0n) is 2.97. The van der Waals surface area contributed by atoms with Gasteiger partial charge in [-0.05, 0) is 0 Å². The fourth-order valence-electron chi connectivity index (χ4n) is 0. The van der Waals surface area contributed by atoms with Crippen molar-refractivity contribution < 1.29 is 30.0 Å². The molecule has 0 saturated heterocycles. The van der Waals surface area contributed by atoms with Gasteiger partial charge in [-0.1, -0.05) is 0 Å². The molecule has 0 amide bonds. The maximum absolute atomic E-state index is 9.19. The second-order valence-electron chi connectivity index (χ2n) is 0.733. The Morgan fingerprint density at radius 3 is 1.50 bits per heavy atom. The van der Waals surface area contributed by atoms with Gasteiger partial charge in [-0.3, -0.25) is 4.55 Å². The van der Waals surface area contributed by atoms with Crippen molar-refractivity contribution in [3.63, 3.8) is 0 Å². The van der Waals surface area contributed by atoms with E-state index in [2.05, 4.69) is 0 Å². The molecule has 0 rings (SSSR count). The number of hydrogen-bond donors (Lipinski definition) is 1. The molecule has 1 radical (unpaired) electrons. The Bertz CT molecular complexity index is 94.0. The minimum atomic E-state index is -3.67. The van der Waals surface area contributed by atoms with Gasteiger partial charge in [0, 0.05) is 17.1 Å². The van der Waals surface area contributed by atoms with E-state index in [-0.39, 0.29) is 17.1 Å². The summed E-state index contributed by atoms with van der Waals surface area (Å²) in [5.74, 6) is 0. The third kappa shape index (κ3) is 282. The maximum Gasteiger partial charge on any atom is 0.261 e. The zero-order chi connectivity index (χ0) is 4.50. The number of rotatable bonds is 0. The molecule has 0 aromatic carbocycles.